The van der Waals surface area contributed by atoms with Crippen molar-refractivity contribution in [2.75, 3.05) is 13.2 Å². The quantitative estimate of drug-likeness (QED) is 0.139. The fraction of sp³-hybridized carbons (Fsp3) is 0.889. The molecule has 0 aromatic rings. The number of amides is 1. The predicted molar refractivity (Wildman–Crippen MR) is 99.3 cm³/mol. The van der Waals surface area contributed by atoms with E-state index in [9.17, 15) is 30.0 Å². The number of carbonyl (C=O) groups excluding carboxylic acids is 1. The molecule has 0 aliphatic carbocycles. The van der Waals surface area contributed by atoms with Gasteiger partial charge in [-0.2, -0.15) is 0 Å². The van der Waals surface area contributed by atoms with Crippen LogP contribution >= 0.6 is 0 Å². The minimum atomic E-state index is -1.64. The molecule has 8 N–H and O–H groups in total. The third kappa shape index (κ3) is 13.5. The molecular weight excluding hydrogens is 358 g/mol. The maximum atomic E-state index is 11.7. The van der Waals surface area contributed by atoms with E-state index in [1.54, 1.807) is 0 Å². The first-order chi connectivity index (χ1) is 12.8. The molecule has 9 nitrogen and oxygen atoms in total. The topological polar surface area (TPSA) is 170 Å². The van der Waals surface area contributed by atoms with Crippen LogP contribution < -0.4 is 5.32 Å². The number of carboxylic acid groups (broad SMARTS) is 1. The van der Waals surface area contributed by atoms with Gasteiger partial charge < -0.3 is 36.0 Å². The first kappa shape index (κ1) is 25.7. The molecule has 0 rings (SSSR count). The Bertz CT molecular complexity index is 407. The van der Waals surface area contributed by atoms with Crippen LogP contribution in [0.1, 0.15) is 64.2 Å². The van der Waals surface area contributed by atoms with Crippen LogP contribution in [-0.4, -0.2) is 80.1 Å². The molecule has 4 atom stereocenters. The van der Waals surface area contributed by atoms with E-state index in [4.69, 9.17) is 10.2 Å². The Morgan fingerprint density at radius 3 is 1.67 bits per heavy atom. The molecule has 0 bridgehead atoms. The van der Waals surface area contributed by atoms with Gasteiger partial charge in [0.15, 0.2) is 12.7 Å². The summed E-state index contributed by atoms with van der Waals surface area (Å²) in [5.41, 5.74) is 0. The first-order valence-electron chi connectivity index (χ1n) is 9.65. The van der Waals surface area contributed by atoms with Crippen LogP contribution in [0.15, 0.2) is 0 Å². The number of nitrogens with one attached hydrogen (secondary N) is 1. The second kappa shape index (κ2) is 15.8. The third-order valence-corrected chi connectivity index (χ3v) is 4.40. The van der Waals surface area contributed by atoms with Gasteiger partial charge in [-0.3, -0.25) is 9.59 Å². The monoisotopic (exact) mass is 394 g/mol. The zero-order valence-corrected chi connectivity index (χ0v) is 15.8. The average molecular weight is 394 g/mol. The van der Waals surface area contributed by atoms with Crippen LogP contribution in [0.5, 0.6) is 0 Å². The van der Waals surface area contributed by atoms with Crippen molar-refractivity contribution < 1.29 is 40.2 Å². The zero-order valence-electron chi connectivity index (χ0n) is 15.8. The number of aliphatic hydroxyl groups excluding tert-OH is 4. The molecule has 0 aromatic carbocycles. The summed E-state index contributed by atoms with van der Waals surface area (Å²) in [4.78, 5) is 22.1. The maximum absolute atomic E-state index is 11.7. The Labute approximate surface area is 160 Å². The molecule has 0 radical (unpaired) electrons. The lowest BCUT2D eigenvalue weighted by molar-refractivity contribution is -0.137. The van der Waals surface area contributed by atoms with Crippen LogP contribution in [0.25, 0.3) is 0 Å². The highest BCUT2D eigenvalue weighted by molar-refractivity contribution is 5.75. The maximum Gasteiger partial charge on any atom is 0.303 e. The summed E-state index contributed by atoms with van der Waals surface area (Å²) < 4.78 is 0. The Kier molecular flexibility index (Phi) is 15.0. The molecule has 0 aromatic heterocycles. The van der Waals surface area contributed by atoms with E-state index in [0.717, 1.165) is 44.9 Å². The smallest absolute Gasteiger partial charge is 0.303 e. The van der Waals surface area contributed by atoms with Crippen molar-refractivity contribution in [2.24, 2.45) is 0 Å². The van der Waals surface area contributed by atoms with Crippen molar-refractivity contribution in [2.45, 2.75) is 88.6 Å². The van der Waals surface area contributed by atoms with Gasteiger partial charge in [0.25, 0.3) is 0 Å². The Morgan fingerprint density at radius 2 is 1.19 bits per heavy atom. The van der Waals surface area contributed by atoms with Crippen molar-refractivity contribution in [1.29, 1.82) is 0 Å². The SMILES string of the molecule is O=C(O)CCCCCCCCCCC(=O)NC[C@H](O)[C@@H](O)[C@H](O)[C@H](O)C[OH2+]. The largest absolute Gasteiger partial charge is 0.481 e. The highest BCUT2D eigenvalue weighted by Gasteiger charge is 2.31. The minimum Gasteiger partial charge on any atom is -0.481 e. The number of carboxylic acids is 1. The Balaban J connectivity index is 3.62. The molecule has 1 amide bonds. The number of unbranched alkanes of at least 4 members (excludes halogenated alkanes) is 7. The summed E-state index contributed by atoms with van der Waals surface area (Å²) in [5, 5.41) is 56.1. The van der Waals surface area contributed by atoms with Gasteiger partial charge in [0.05, 0.1) is 6.10 Å². The standard InChI is InChI=1S/C18H35NO8/c20-12-14(22)18(27)17(26)13(21)11-19-15(23)9-7-5-3-1-2-4-6-8-10-16(24)25/h13-14,17-18,20-22,26-27H,1-12H2,(H,19,23)(H,24,25)/p+1/t13-,14+,17+,18+/m0/s1. The van der Waals surface area contributed by atoms with E-state index in [1.807, 2.05) is 0 Å². The molecule has 0 heterocycles. The Hall–Kier alpha value is -1.26. The van der Waals surface area contributed by atoms with E-state index in [1.165, 1.54) is 0 Å². The van der Waals surface area contributed by atoms with Crippen molar-refractivity contribution >= 4 is 11.9 Å². The normalized spacial score (nSPS) is 15.7. The summed E-state index contributed by atoms with van der Waals surface area (Å²) in [6.07, 6.45) is 1.77. The average Bonchev–Trinajstić information content (AvgIpc) is 2.65. The lowest BCUT2D eigenvalue weighted by Crippen LogP contribution is -2.49. The molecule has 0 fully saturated rings. The first-order valence-corrected chi connectivity index (χ1v) is 9.65. The fourth-order valence-corrected chi connectivity index (χ4v) is 2.63. The molecule has 0 aliphatic heterocycles. The molecule has 9 heteroatoms. The van der Waals surface area contributed by atoms with Gasteiger partial charge in [0.1, 0.15) is 12.2 Å². The number of hydrogen-bond acceptors (Lipinski definition) is 6. The number of hydrogen-bond donors (Lipinski definition) is 6. The van der Waals surface area contributed by atoms with Gasteiger partial charge in [-0.05, 0) is 12.8 Å². The van der Waals surface area contributed by atoms with Crippen molar-refractivity contribution in [3.63, 3.8) is 0 Å². The van der Waals surface area contributed by atoms with Crippen LogP contribution in [-0.2, 0) is 9.59 Å². The molecule has 0 spiro atoms. The van der Waals surface area contributed by atoms with Gasteiger partial charge >= 0.3 is 5.97 Å². The molecule has 0 saturated heterocycles. The number of carbonyl (C=O) groups is 2. The van der Waals surface area contributed by atoms with Gasteiger partial charge in [-0.25, -0.2) is 0 Å². The summed E-state index contributed by atoms with van der Waals surface area (Å²) in [6.45, 7) is -0.738. The second-order valence-corrected chi connectivity index (χ2v) is 6.85. The van der Waals surface area contributed by atoms with Crippen LogP contribution in [0.3, 0.4) is 0 Å². The van der Waals surface area contributed by atoms with E-state index < -0.39 is 37.0 Å². The highest BCUT2D eigenvalue weighted by atomic mass is 16.4. The van der Waals surface area contributed by atoms with E-state index >= 15 is 0 Å². The van der Waals surface area contributed by atoms with E-state index in [2.05, 4.69) is 5.32 Å². The number of aliphatic hydroxyl groups is 4. The summed E-state index contributed by atoms with van der Waals surface area (Å²) in [7, 11) is 0. The summed E-state index contributed by atoms with van der Waals surface area (Å²) >= 11 is 0. The van der Waals surface area contributed by atoms with E-state index in [-0.39, 0.29) is 18.9 Å². The van der Waals surface area contributed by atoms with Crippen LogP contribution in [0.2, 0.25) is 0 Å². The van der Waals surface area contributed by atoms with Gasteiger partial charge in [-0.1, -0.05) is 38.5 Å². The zero-order chi connectivity index (χ0) is 20.7. The van der Waals surface area contributed by atoms with Crippen LogP contribution in [0.4, 0.5) is 0 Å². The van der Waals surface area contributed by atoms with Gasteiger partial charge in [-0.15, -0.1) is 0 Å². The Morgan fingerprint density at radius 1 is 0.741 bits per heavy atom. The van der Waals surface area contributed by atoms with Gasteiger partial charge in [0, 0.05) is 19.4 Å². The van der Waals surface area contributed by atoms with Gasteiger partial charge in [0.2, 0.25) is 5.91 Å². The fourth-order valence-electron chi connectivity index (χ4n) is 2.63. The van der Waals surface area contributed by atoms with Crippen molar-refractivity contribution in [3.05, 3.63) is 0 Å². The minimum absolute atomic E-state index is 0.227. The molecule has 0 aliphatic rings. The van der Waals surface area contributed by atoms with Crippen LogP contribution in [0, 0.1) is 0 Å². The molecular formula is C18H36NO8+. The van der Waals surface area contributed by atoms with E-state index in [0.29, 0.717) is 12.8 Å². The molecule has 160 valence electrons. The van der Waals surface area contributed by atoms with Crippen molar-refractivity contribution in [3.8, 4) is 0 Å². The third-order valence-electron chi connectivity index (χ3n) is 4.40. The number of rotatable bonds is 17. The predicted octanol–water partition coefficient (Wildman–Crippen LogP) is -0.744. The lowest BCUT2D eigenvalue weighted by Gasteiger charge is -2.24. The summed E-state index contributed by atoms with van der Waals surface area (Å²) in [5.74, 6) is -1.01. The molecule has 0 unspecified atom stereocenters. The second-order valence-electron chi connectivity index (χ2n) is 6.85. The van der Waals surface area contributed by atoms with Crippen molar-refractivity contribution in [1.82, 2.24) is 5.32 Å². The highest BCUT2D eigenvalue weighted by Crippen LogP contribution is 2.11. The molecule has 27 heavy (non-hydrogen) atoms. The lowest BCUT2D eigenvalue weighted by atomic mass is 10.0. The summed E-state index contributed by atoms with van der Waals surface area (Å²) in [6, 6.07) is 0. The molecule has 0 saturated carbocycles. The number of aliphatic carboxylic acids is 1.